The molecule has 1 unspecified atom stereocenters. The summed E-state index contributed by atoms with van der Waals surface area (Å²) >= 11 is 2.70. The Labute approximate surface area is 155 Å². The highest BCUT2D eigenvalue weighted by atomic mass is 32.2. The fraction of sp³-hybridized carbons (Fsp3) is 0.167. The molecule has 1 atom stereocenters. The van der Waals surface area contributed by atoms with Crippen molar-refractivity contribution in [3.8, 4) is 0 Å². The first-order valence-electron chi connectivity index (χ1n) is 7.69. The zero-order valence-electron chi connectivity index (χ0n) is 13.3. The Bertz CT molecular complexity index is 902. The molecule has 0 saturated carbocycles. The number of carbonyl (C=O) groups is 1. The van der Waals surface area contributed by atoms with Crippen LogP contribution in [0.4, 0.5) is 0 Å². The molecule has 0 spiro atoms. The van der Waals surface area contributed by atoms with E-state index in [4.69, 9.17) is 0 Å². The molecule has 25 heavy (non-hydrogen) atoms. The van der Waals surface area contributed by atoms with E-state index in [2.05, 4.69) is 5.32 Å². The van der Waals surface area contributed by atoms with Crippen molar-refractivity contribution in [2.24, 2.45) is 0 Å². The van der Waals surface area contributed by atoms with Gasteiger partial charge in [0.1, 0.15) is 9.46 Å². The van der Waals surface area contributed by atoms with Gasteiger partial charge >= 0.3 is 0 Å². The lowest BCUT2D eigenvalue weighted by Crippen LogP contribution is -2.32. The lowest BCUT2D eigenvalue weighted by molar-refractivity contribution is -0.120. The van der Waals surface area contributed by atoms with Gasteiger partial charge in [-0.15, -0.1) is 22.7 Å². The van der Waals surface area contributed by atoms with Crippen LogP contribution in [0.15, 0.2) is 69.6 Å². The highest BCUT2D eigenvalue weighted by molar-refractivity contribution is 7.93. The maximum absolute atomic E-state index is 13.0. The van der Waals surface area contributed by atoms with Crippen LogP contribution in [0.3, 0.4) is 0 Å². The van der Waals surface area contributed by atoms with Crippen LogP contribution < -0.4 is 5.32 Å². The molecule has 2 aromatic heterocycles. The summed E-state index contributed by atoms with van der Waals surface area (Å²) in [6.07, 6.45) is 0.262. The van der Waals surface area contributed by atoms with E-state index in [1.165, 1.54) is 22.7 Å². The Morgan fingerprint density at radius 2 is 1.68 bits per heavy atom. The van der Waals surface area contributed by atoms with Gasteiger partial charge < -0.3 is 5.32 Å². The molecule has 0 bridgehead atoms. The van der Waals surface area contributed by atoms with Crippen molar-refractivity contribution in [2.45, 2.75) is 15.9 Å². The van der Waals surface area contributed by atoms with E-state index < -0.39 is 15.1 Å². The first kappa shape index (κ1) is 17.8. The number of hydrogen-bond donors (Lipinski definition) is 1. The molecule has 0 aliphatic heterocycles. The molecule has 3 rings (SSSR count). The summed E-state index contributed by atoms with van der Waals surface area (Å²) < 4.78 is 26.3. The van der Waals surface area contributed by atoms with E-state index in [9.17, 15) is 13.2 Å². The van der Waals surface area contributed by atoms with Crippen LogP contribution >= 0.6 is 22.7 Å². The van der Waals surface area contributed by atoms with Crippen LogP contribution in [-0.2, 0) is 21.1 Å². The predicted octanol–water partition coefficient (Wildman–Crippen LogP) is 3.68. The minimum absolute atomic E-state index is 0.0501. The molecule has 0 saturated heterocycles. The maximum atomic E-state index is 13.0. The molecule has 0 radical (unpaired) electrons. The van der Waals surface area contributed by atoms with E-state index in [1.54, 1.807) is 41.8 Å². The quantitative estimate of drug-likeness (QED) is 0.668. The minimum atomic E-state index is -3.56. The van der Waals surface area contributed by atoms with Gasteiger partial charge in [-0.2, -0.15) is 0 Å². The Morgan fingerprint density at radius 3 is 2.32 bits per heavy atom. The second-order valence-electron chi connectivity index (χ2n) is 5.44. The summed E-state index contributed by atoms with van der Waals surface area (Å²) in [7, 11) is -3.56. The Hall–Kier alpha value is -1.96. The van der Waals surface area contributed by atoms with Gasteiger partial charge in [0.15, 0.2) is 9.84 Å². The van der Waals surface area contributed by atoms with Crippen LogP contribution in [0.25, 0.3) is 0 Å². The zero-order chi connectivity index (χ0) is 17.7. The largest absolute Gasteiger partial charge is 0.354 e. The standard InChI is InChI=1S/C18H17NO3S3/c20-17(12-15-8-4-10-23-15)19-13-16(14-6-2-1-3-7-14)25(21,22)18-9-5-11-24-18/h1-11,16H,12-13H2,(H,19,20). The van der Waals surface area contributed by atoms with E-state index in [0.29, 0.717) is 9.77 Å². The van der Waals surface area contributed by atoms with Crippen molar-refractivity contribution in [1.29, 1.82) is 0 Å². The summed E-state index contributed by atoms with van der Waals surface area (Å²) in [6, 6.07) is 16.1. The fourth-order valence-corrected chi connectivity index (χ4v) is 6.05. The minimum Gasteiger partial charge on any atom is -0.354 e. The highest BCUT2D eigenvalue weighted by Gasteiger charge is 2.30. The van der Waals surface area contributed by atoms with Crippen LogP contribution in [-0.4, -0.2) is 20.9 Å². The van der Waals surface area contributed by atoms with Crippen LogP contribution in [0, 0.1) is 0 Å². The molecule has 1 aromatic carbocycles. The van der Waals surface area contributed by atoms with Crippen molar-refractivity contribution in [3.05, 3.63) is 75.8 Å². The number of sulfone groups is 1. The molecule has 7 heteroatoms. The topological polar surface area (TPSA) is 63.2 Å². The monoisotopic (exact) mass is 391 g/mol. The Kier molecular flexibility index (Phi) is 5.67. The number of amides is 1. The third-order valence-electron chi connectivity index (χ3n) is 3.72. The van der Waals surface area contributed by atoms with Gasteiger partial charge in [-0.05, 0) is 28.5 Å². The SMILES string of the molecule is O=C(Cc1cccs1)NCC(c1ccccc1)S(=O)(=O)c1cccs1. The average Bonchev–Trinajstić information content (AvgIpc) is 3.29. The summed E-state index contributed by atoms with van der Waals surface area (Å²) in [4.78, 5) is 13.1. The first-order valence-corrected chi connectivity index (χ1v) is 11.0. The van der Waals surface area contributed by atoms with Gasteiger partial charge in [-0.25, -0.2) is 8.42 Å². The van der Waals surface area contributed by atoms with Gasteiger partial charge in [0.05, 0.1) is 6.42 Å². The first-order chi connectivity index (χ1) is 12.1. The van der Waals surface area contributed by atoms with Crippen molar-refractivity contribution in [2.75, 3.05) is 6.54 Å². The third-order valence-corrected chi connectivity index (χ3v) is 8.13. The summed E-state index contributed by atoms with van der Waals surface area (Å²) in [5.74, 6) is -0.176. The van der Waals surface area contributed by atoms with Gasteiger partial charge in [-0.1, -0.05) is 42.5 Å². The molecule has 2 heterocycles. The second-order valence-corrected chi connectivity index (χ2v) is 9.77. The number of carbonyl (C=O) groups excluding carboxylic acids is 1. The molecule has 0 aliphatic carbocycles. The van der Waals surface area contributed by atoms with Crippen molar-refractivity contribution in [1.82, 2.24) is 5.32 Å². The van der Waals surface area contributed by atoms with Crippen molar-refractivity contribution >= 4 is 38.4 Å². The average molecular weight is 392 g/mol. The normalized spacial score (nSPS) is 12.6. The zero-order valence-corrected chi connectivity index (χ0v) is 15.7. The highest BCUT2D eigenvalue weighted by Crippen LogP contribution is 2.31. The number of hydrogen-bond acceptors (Lipinski definition) is 5. The summed E-state index contributed by atoms with van der Waals surface area (Å²) in [5.41, 5.74) is 0.673. The third kappa shape index (κ3) is 4.36. The van der Waals surface area contributed by atoms with Crippen LogP contribution in [0.1, 0.15) is 15.7 Å². The van der Waals surface area contributed by atoms with Gasteiger partial charge in [0.2, 0.25) is 5.91 Å². The molecule has 4 nitrogen and oxygen atoms in total. The Balaban J connectivity index is 1.79. The predicted molar refractivity (Wildman–Crippen MR) is 102 cm³/mol. The number of nitrogens with one attached hydrogen (secondary N) is 1. The molecule has 1 N–H and O–H groups in total. The van der Waals surface area contributed by atoms with Crippen molar-refractivity contribution in [3.63, 3.8) is 0 Å². The lowest BCUT2D eigenvalue weighted by Gasteiger charge is -2.18. The molecular formula is C18H17NO3S3. The fourth-order valence-electron chi connectivity index (χ4n) is 2.48. The Morgan fingerprint density at radius 1 is 0.960 bits per heavy atom. The maximum Gasteiger partial charge on any atom is 0.225 e. The van der Waals surface area contributed by atoms with E-state index in [0.717, 1.165) is 4.88 Å². The van der Waals surface area contributed by atoms with E-state index in [1.807, 2.05) is 23.6 Å². The molecule has 3 aromatic rings. The van der Waals surface area contributed by atoms with E-state index in [-0.39, 0.29) is 18.9 Å². The molecule has 0 fully saturated rings. The molecule has 0 aliphatic rings. The van der Waals surface area contributed by atoms with Gasteiger partial charge in [0, 0.05) is 11.4 Å². The van der Waals surface area contributed by atoms with Gasteiger partial charge in [0.25, 0.3) is 0 Å². The smallest absolute Gasteiger partial charge is 0.225 e. The number of rotatable bonds is 7. The van der Waals surface area contributed by atoms with Crippen molar-refractivity contribution < 1.29 is 13.2 Å². The second kappa shape index (κ2) is 7.95. The summed E-state index contributed by atoms with van der Waals surface area (Å²) in [6.45, 7) is 0.0501. The van der Waals surface area contributed by atoms with Crippen LogP contribution in [0.2, 0.25) is 0 Å². The van der Waals surface area contributed by atoms with Crippen LogP contribution in [0.5, 0.6) is 0 Å². The van der Waals surface area contributed by atoms with E-state index >= 15 is 0 Å². The lowest BCUT2D eigenvalue weighted by atomic mass is 10.1. The number of thiophene rings is 2. The number of benzene rings is 1. The van der Waals surface area contributed by atoms with Gasteiger partial charge in [-0.3, -0.25) is 4.79 Å². The molecule has 1 amide bonds. The molecular weight excluding hydrogens is 374 g/mol. The summed E-state index contributed by atoms with van der Waals surface area (Å²) in [5, 5.41) is 5.63. The molecule has 130 valence electrons.